The van der Waals surface area contributed by atoms with E-state index in [1.165, 1.54) is 19.2 Å². The smallest absolute Gasteiger partial charge is 0.320 e. The first-order valence-electron chi connectivity index (χ1n) is 9.35. The molecule has 2 heterocycles. The quantitative estimate of drug-likeness (QED) is 0.579. The third-order valence-electron chi connectivity index (χ3n) is 4.77. The molecule has 0 saturated carbocycles. The maximum atomic E-state index is 12.4. The molecule has 1 aliphatic rings. The van der Waals surface area contributed by atoms with Crippen LogP contribution in [0.2, 0.25) is 0 Å². The van der Waals surface area contributed by atoms with Crippen LogP contribution in [0.3, 0.4) is 0 Å². The third kappa shape index (κ3) is 4.14. The molecule has 10 heteroatoms. The number of anilines is 1. The molecule has 2 amide bonds. The molecule has 1 atom stereocenters. The van der Waals surface area contributed by atoms with Crippen LogP contribution in [0.4, 0.5) is 10.6 Å². The van der Waals surface area contributed by atoms with E-state index in [0.717, 1.165) is 11.3 Å². The largest absolute Gasteiger partial charge is 0.493 e. The Labute approximate surface area is 174 Å². The highest BCUT2D eigenvalue weighted by Crippen LogP contribution is 2.31. The fraction of sp³-hybridized carbons (Fsp3) is 0.200. The summed E-state index contributed by atoms with van der Waals surface area (Å²) in [7, 11) is -2.14. The van der Waals surface area contributed by atoms with E-state index in [-0.39, 0.29) is 17.0 Å². The van der Waals surface area contributed by atoms with Gasteiger partial charge in [-0.25, -0.2) is 22.6 Å². The Morgan fingerprint density at radius 1 is 1.13 bits per heavy atom. The van der Waals surface area contributed by atoms with Crippen molar-refractivity contribution >= 4 is 21.9 Å². The molecule has 0 aliphatic carbocycles. The number of rotatable bonds is 5. The van der Waals surface area contributed by atoms with Crippen LogP contribution in [0.5, 0.6) is 5.75 Å². The number of benzene rings is 2. The number of urea groups is 1. The summed E-state index contributed by atoms with van der Waals surface area (Å²) in [5.74, 6) is 1.15. The van der Waals surface area contributed by atoms with Gasteiger partial charge in [-0.1, -0.05) is 18.2 Å². The van der Waals surface area contributed by atoms with Crippen LogP contribution in [-0.4, -0.2) is 37.9 Å². The highest BCUT2D eigenvalue weighted by atomic mass is 32.2. The number of nitrogens with zero attached hydrogens (tertiary/aromatic N) is 2. The molecule has 0 spiro atoms. The van der Waals surface area contributed by atoms with E-state index in [9.17, 15) is 13.2 Å². The highest BCUT2D eigenvalue weighted by Gasteiger charge is 2.22. The number of hydrogen-bond donors (Lipinski definition) is 3. The van der Waals surface area contributed by atoms with E-state index >= 15 is 0 Å². The second-order valence-corrected chi connectivity index (χ2v) is 8.56. The summed E-state index contributed by atoms with van der Waals surface area (Å²) in [6.07, 6.45) is 2.36. The van der Waals surface area contributed by atoms with Crippen molar-refractivity contribution in [2.45, 2.75) is 17.4 Å². The van der Waals surface area contributed by atoms with Gasteiger partial charge in [-0.2, -0.15) is 0 Å². The molecule has 0 fully saturated rings. The number of hydrogen-bond acceptors (Lipinski definition) is 5. The van der Waals surface area contributed by atoms with Crippen molar-refractivity contribution < 1.29 is 17.9 Å². The van der Waals surface area contributed by atoms with Crippen molar-refractivity contribution in [2.75, 3.05) is 19.0 Å². The van der Waals surface area contributed by atoms with E-state index in [1.807, 2.05) is 24.3 Å². The molecule has 1 aromatic heterocycles. The molecule has 0 saturated heterocycles. The summed E-state index contributed by atoms with van der Waals surface area (Å²) in [5, 5.41) is 10.0. The molecule has 4 rings (SSSR count). The predicted molar refractivity (Wildman–Crippen MR) is 111 cm³/mol. The number of nitrogens with one attached hydrogen (secondary N) is 3. The van der Waals surface area contributed by atoms with Crippen molar-refractivity contribution in [1.82, 2.24) is 19.8 Å². The van der Waals surface area contributed by atoms with Gasteiger partial charge in [0, 0.05) is 24.2 Å². The van der Waals surface area contributed by atoms with Gasteiger partial charge in [0.1, 0.15) is 5.75 Å². The minimum Gasteiger partial charge on any atom is -0.493 e. The zero-order chi connectivity index (χ0) is 21.1. The number of aromatic nitrogens is 2. The van der Waals surface area contributed by atoms with Crippen LogP contribution in [0.1, 0.15) is 18.0 Å². The van der Waals surface area contributed by atoms with Gasteiger partial charge in [0.15, 0.2) is 5.82 Å². The van der Waals surface area contributed by atoms with Crippen LogP contribution < -0.4 is 20.1 Å². The first-order valence-corrected chi connectivity index (χ1v) is 10.8. The zero-order valence-electron chi connectivity index (χ0n) is 16.2. The Balaban J connectivity index is 1.42. The molecular formula is C20H21N5O4S. The number of amides is 2. The van der Waals surface area contributed by atoms with Crippen molar-refractivity contribution in [3.8, 4) is 11.4 Å². The van der Waals surface area contributed by atoms with Crippen LogP contribution in [-0.2, 0) is 10.0 Å². The number of fused-ring (bicyclic) bond motifs is 1. The standard InChI is InChI=1S/C20H21N5O4S/c1-21-30(27,28)15-8-6-14(7-9-15)25-12-10-19(24-25)23-20(26)22-17-11-13-29-18-5-3-2-4-16(17)18/h2-10,12,17,21H,11,13H2,1H3,(H2,22,23,24,26)/t17-/m0/s1. The Hall–Kier alpha value is -3.37. The van der Waals surface area contributed by atoms with Crippen LogP contribution in [0.15, 0.2) is 65.7 Å². The van der Waals surface area contributed by atoms with Gasteiger partial charge >= 0.3 is 6.03 Å². The number of carbonyl (C=O) groups is 1. The Morgan fingerprint density at radius 2 is 1.90 bits per heavy atom. The lowest BCUT2D eigenvalue weighted by molar-refractivity contribution is 0.232. The van der Waals surface area contributed by atoms with Gasteiger partial charge in [-0.05, 0) is 37.4 Å². The van der Waals surface area contributed by atoms with Crippen molar-refractivity contribution in [1.29, 1.82) is 0 Å². The van der Waals surface area contributed by atoms with Gasteiger partial charge in [0.25, 0.3) is 0 Å². The summed E-state index contributed by atoms with van der Waals surface area (Å²) in [6.45, 7) is 0.538. The second-order valence-electron chi connectivity index (χ2n) is 6.67. The third-order valence-corrected chi connectivity index (χ3v) is 6.21. The normalized spacial score (nSPS) is 15.7. The summed E-state index contributed by atoms with van der Waals surface area (Å²) >= 11 is 0. The van der Waals surface area contributed by atoms with Crippen LogP contribution >= 0.6 is 0 Å². The van der Waals surface area contributed by atoms with Gasteiger partial charge < -0.3 is 10.1 Å². The molecule has 30 heavy (non-hydrogen) atoms. The monoisotopic (exact) mass is 427 g/mol. The molecule has 9 nitrogen and oxygen atoms in total. The minimum absolute atomic E-state index is 0.140. The number of sulfonamides is 1. The maximum absolute atomic E-state index is 12.4. The SMILES string of the molecule is CNS(=O)(=O)c1ccc(-n2ccc(NC(=O)N[C@H]3CCOc4ccccc43)n2)cc1. The summed E-state index contributed by atoms with van der Waals surface area (Å²) in [4.78, 5) is 12.6. The Bertz CT molecular complexity index is 1160. The molecular weight excluding hydrogens is 406 g/mol. The van der Waals surface area contributed by atoms with Gasteiger partial charge in [-0.15, -0.1) is 5.10 Å². The van der Waals surface area contributed by atoms with Crippen molar-refractivity contribution in [3.05, 3.63) is 66.4 Å². The van der Waals surface area contributed by atoms with Gasteiger partial charge in [0.05, 0.1) is 23.2 Å². The van der Waals surface area contributed by atoms with Crippen LogP contribution in [0, 0.1) is 0 Å². The Morgan fingerprint density at radius 3 is 2.67 bits per heavy atom. The lowest BCUT2D eigenvalue weighted by Crippen LogP contribution is -2.35. The van der Waals surface area contributed by atoms with E-state index in [0.29, 0.717) is 24.5 Å². The van der Waals surface area contributed by atoms with Crippen molar-refractivity contribution in [2.24, 2.45) is 0 Å². The lowest BCUT2D eigenvalue weighted by atomic mass is 10.0. The second kappa shape index (κ2) is 8.17. The summed E-state index contributed by atoms with van der Waals surface area (Å²) in [6, 6.07) is 15.0. The molecule has 156 valence electrons. The lowest BCUT2D eigenvalue weighted by Gasteiger charge is -2.26. The highest BCUT2D eigenvalue weighted by molar-refractivity contribution is 7.89. The number of carbonyl (C=O) groups excluding carboxylic acids is 1. The summed E-state index contributed by atoms with van der Waals surface area (Å²) in [5.41, 5.74) is 1.61. The first kappa shape index (κ1) is 19.9. The minimum atomic E-state index is -3.50. The van der Waals surface area contributed by atoms with E-state index in [1.54, 1.807) is 29.1 Å². The van der Waals surface area contributed by atoms with E-state index in [2.05, 4.69) is 20.5 Å². The predicted octanol–water partition coefficient (Wildman–Crippen LogP) is 2.43. The fourth-order valence-electron chi connectivity index (χ4n) is 3.23. The van der Waals surface area contributed by atoms with Crippen LogP contribution in [0.25, 0.3) is 5.69 Å². The number of para-hydroxylation sites is 1. The Kier molecular flexibility index (Phi) is 5.42. The molecule has 3 N–H and O–H groups in total. The molecule has 2 aromatic carbocycles. The molecule has 0 unspecified atom stereocenters. The average Bonchev–Trinajstić information content (AvgIpc) is 3.22. The molecule has 0 bridgehead atoms. The average molecular weight is 427 g/mol. The van der Waals surface area contributed by atoms with E-state index < -0.39 is 10.0 Å². The maximum Gasteiger partial charge on any atom is 0.320 e. The van der Waals surface area contributed by atoms with Gasteiger partial charge in [-0.3, -0.25) is 5.32 Å². The zero-order valence-corrected chi connectivity index (χ0v) is 17.0. The number of ether oxygens (including phenoxy) is 1. The van der Waals surface area contributed by atoms with Gasteiger partial charge in [0.2, 0.25) is 10.0 Å². The van der Waals surface area contributed by atoms with Crippen molar-refractivity contribution in [3.63, 3.8) is 0 Å². The molecule has 0 radical (unpaired) electrons. The fourth-order valence-corrected chi connectivity index (χ4v) is 3.96. The molecule has 3 aromatic rings. The topological polar surface area (TPSA) is 114 Å². The first-order chi connectivity index (χ1) is 14.5. The molecule has 1 aliphatic heterocycles. The van der Waals surface area contributed by atoms with E-state index in [4.69, 9.17) is 4.74 Å². The summed E-state index contributed by atoms with van der Waals surface area (Å²) < 4.78 is 33.1.